The zero-order chi connectivity index (χ0) is 18.6. The third-order valence-electron chi connectivity index (χ3n) is 4.82. The van der Waals surface area contributed by atoms with Crippen LogP contribution in [-0.2, 0) is 11.3 Å². The summed E-state index contributed by atoms with van der Waals surface area (Å²) in [7, 11) is 0. The van der Waals surface area contributed by atoms with Gasteiger partial charge in [-0.3, -0.25) is 9.69 Å². The van der Waals surface area contributed by atoms with Crippen molar-refractivity contribution in [2.75, 3.05) is 33.0 Å². The van der Waals surface area contributed by atoms with Gasteiger partial charge in [-0.1, -0.05) is 29.8 Å². The van der Waals surface area contributed by atoms with Gasteiger partial charge in [-0.15, -0.1) is 0 Å². The Bertz CT molecular complexity index is 843. The van der Waals surface area contributed by atoms with Crippen LogP contribution in [0.1, 0.15) is 11.1 Å². The molecule has 2 aromatic carbocycles. The van der Waals surface area contributed by atoms with Crippen LogP contribution in [0.2, 0.25) is 5.02 Å². The van der Waals surface area contributed by atoms with Gasteiger partial charge < -0.3 is 14.4 Å². The second-order valence-electron chi connectivity index (χ2n) is 6.67. The van der Waals surface area contributed by atoms with Crippen molar-refractivity contribution < 1.29 is 14.3 Å². The van der Waals surface area contributed by atoms with Gasteiger partial charge >= 0.3 is 0 Å². The van der Waals surface area contributed by atoms with Crippen molar-refractivity contribution in [3.8, 4) is 11.5 Å². The second-order valence-corrected chi connectivity index (χ2v) is 7.11. The van der Waals surface area contributed by atoms with Crippen LogP contribution in [0.3, 0.4) is 0 Å². The number of halogens is 1. The van der Waals surface area contributed by atoms with Crippen LogP contribution in [0.5, 0.6) is 11.5 Å². The zero-order valence-electron chi connectivity index (χ0n) is 14.9. The molecule has 27 heavy (non-hydrogen) atoms. The molecule has 2 aliphatic rings. The molecule has 6 heteroatoms. The number of piperazine rings is 1. The van der Waals surface area contributed by atoms with Gasteiger partial charge in [-0.25, -0.2) is 0 Å². The molecule has 0 atom stereocenters. The van der Waals surface area contributed by atoms with Gasteiger partial charge in [-0.05, 0) is 41.5 Å². The molecule has 0 radical (unpaired) electrons. The number of nitrogens with zero attached hydrogens (tertiary/aromatic N) is 2. The molecule has 2 aliphatic heterocycles. The minimum Gasteiger partial charge on any atom is -0.454 e. The largest absolute Gasteiger partial charge is 0.454 e. The van der Waals surface area contributed by atoms with E-state index < -0.39 is 0 Å². The maximum atomic E-state index is 12.5. The van der Waals surface area contributed by atoms with E-state index in [4.69, 9.17) is 21.1 Å². The molecular weight excluding hydrogens is 364 g/mol. The van der Waals surface area contributed by atoms with E-state index >= 15 is 0 Å². The number of benzene rings is 2. The lowest BCUT2D eigenvalue weighted by molar-refractivity contribution is -0.127. The molecule has 1 amide bonds. The van der Waals surface area contributed by atoms with Crippen molar-refractivity contribution in [3.05, 3.63) is 64.7 Å². The van der Waals surface area contributed by atoms with Crippen LogP contribution in [0.15, 0.2) is 48.5 Å². The summed E-state index contributed by atoms with van der Waals surface area (Å²) >= 11 is 5.93. The highest BCUT2D eigenvalue weighted by molar-refractivity contribution is 6.30. The van der Waals surface area contributed by atoms with E-state index in [1.165, 1.54) is 5.56 Å². The van der Waals surface area contributed by atoms with Crippen molar-refractivity contribution in [1.82, 2.24) is 9.80 Å². The van der Waals surface area contributed by atoms with Crippen LogP contribution < -0.4 is 9.47 Å². The Morgan fingerprint density at radius 3 is 2.52 bits per heavy atom. The molecule has 140 valence electrons. The van der Waals surface area contributed by atoms with E-state index in [0.717, 1.165) is 54.8 Å². The summed E-state index contributed by atoms with van der Waals surface area (Å²) in [6.07, 6.45) is 3.46. The number of carbonyl (C=O) groups excluding carboxylic acids is 1. The summed E-state index contributed by atoms with van der Waals surface area (Å²) in [5.74, 6) is 1.51. The Labute approximate surface area is 163 Å². The molecule has 2 aromatic rings. The van der Waals surface area contributed by atoms with Gasteiger partial charge in [0, 0.05) is 43.8 Å². The van der Waals surface area contributed by atoms with Gasteiger partial charge in [-0.2, -0.15) is 0 Å². The molecule has 0 saturated carbocycles. The molecular formula is C21H21ClN2O3. The third-order valence-corrected chi connectivity index (χ3v) is 5.07. The minimum absolute atomic E-state index is 0.0406. The highest BCUT2D eigenvalue weighted by Gasteiger charge is 2.19. The second kappa shape index (κ2) is 8.03. The van der Waals surface area contributed by atoms with Gasteiger partial charge in [0.1, 0.15) is 0 Å². The molecule has 0 N–H and O–H groups in total. The number of amides is 1. The Morgan fingerprint density at radius 2 is 1.74 bits per heavy atom. The van der Waals surface area contributed by atoms with Gasteiger partial charge in [0.15, 0.2) is 11.5 Å². The Balaban J connectivity index is 1.28. The fraction of sp³-hybridized carbons (Fsp3) is 0.286. The Kier molecular flexibility index (Phi) is 5.32. The predicted octanol–water partition coefficient (Wildman–Crippen LogP) is 3.43. The summed E-state index contributed by atoms with van der Waals surface area (Å²) in [4.78, 5) is 16.7. The predicted molar refractivity (Wildman–Crippen MR) is 105 cm³/mol. The van der Waals surface area contributed by atoms with Crippen LogP contribution in [0.4, 0.5) is 0 Å². The highest BCUT2D eigenvalue weighted by Crippen LogP contribution is 2.32. The average molecular weight is 385 g/mol. The van der Waals surface area contributed by atoms with Crippen LogP contribution >= 0.6 is 11.6 Å². The zero-order valence-corrected chi connectivity index (χ0v) is 15.7. The molecule has 0 aromatic heterocycles. The van der Waals surface area contributed by atoms with Crippen LogP contribution in [-0.4, -0.2) is 48.7 Å². The van der Waals surface area contributed by atoms with Crippen molar-refractivity contribution in [2.24, 2.45) is 0 Å². The van der Waals surface area contributed by atoms with E-state index in [1.807, 2.05) is 53.4 Å². The molecule has 5 nitrogen and oxygen atoms in total. The lowest BCUT2D eigenvalue weighted by Gasteiger charge is -2.34. The number of hydrogen-bond donors (Lipinski definition) is 0. The van der Waals surface area contributed by atoms with E-state index in [9.17, 15) is 4.79 Å². The van der Waals surface area contributed by atoms with Crippen molar-refractivity contribution >= 4 is 23.6 Å². The first-order chi connectivity index (χ1) is 13.2. The highest BCUT2D eigenvalue weighted by atomic mass is 35.5. The standard InChI is InChI=1S/C21H21ClN2O3/c22-18-5-1-17(2-6-18)14-23-9-11-24(12-10-23)21(25)8-4-16-3-7-19-20(13-16)27-15-26-19/h1-8,13H,9-12,14-15H2. The van der Waals surface area contributed by atoms with Crippen molar-refractivity contribution in [1.29, 1.82) is 0 Å². The summed E-state index contributed by atoms with van der Waals surface area (Å²) in [6, 6.07) is 13.6. The smallest absolute Gasteiger partial charge is 0.246 e. The van der Waals surface area contributed by atoms with E-state index in [0.29, 0.717) is 0 Å². The van der Waals surface area contributed by atoms with Crippen molar-refractivity contribution in [3.63, 3.8) is 0 Å². The maximum absolute atomic E-state index is 12.5. The molecule has 0 bridgehead atoms. The first-order valence-corrected chi connectivity index (χ1v) is 9.39. The van der Waals surface area contributed by atoms with Gasteiger partial charge in [0.2, 0.25) is 12.7 Å². The maximum Gasteiger partial charge on any atom is 0.246 e. The molecule has 0 aliphatic carbocycles. The normalized spacial score (nSPS) is 16.9. The van der Waals surface area contributed by atoms with Gasteiger partial charge in [0.05, 0.1) is 0 Å². The summed E-state index contributed by atoms with van der Waals surface area (Å²) in [5.41, 5.74) is 2.16. The Hall–Kier alpha value is -2.50. The van der Waals surface area contributed by atoms with E-state index in [1.54, 1.807) is 6.08 Å². The first kappa shape index (κ1) is 17.9. The third kappa shape index (κ3) is 4.43. The number of ether oxygens (including phenoxy) is 2. The fourth-order valence-electron chi connectivity index (χ4n) is 3.26. The molecule has 0 spiro atoms. The monoisotopic (exact) mass is 384 g/mol. The molecule has 1 fully saturated rings. The fourth-order valence-corrected chi connectivity index (χ4v) is 3.39. The molecule has 2 heterocycles. The molecule has 0 unspecified atom stereocenters. The number of carbonyl (C=O) groups is 1. The molecule has 4 rings (SSSR count). The topological polar surface area (TPSA) is 42.0 Å². The van der Waals surface area contributed by atoms with E-state index in [-0.39, 0.29) is 12.7 Å². The summed E-state index contributed by atoms with van der Waals surface area (Å²) < 4.78 is 10.7. The van der Waals surface area contributed by atoms with Crippen LogP contribution in [0.25, 0.3) is 6.08 Å². The number of rotatable bonds is 4. The number of fused-ring (bicyclic) bond motifs is 1. The lowest BCUT2D eigenvalue weighted by Crippen LogP contribution is -2.47. The lowest BCUT2D eigenvalue weighted by atomic mass is 10.1. The van der Waals surface area contributed by atoms with Crippen LogP contribution in [0, 0.1) is 0 Å². The van der Waals surface area contributed by atoms with Crippen molar-refractivity contribution in [2.45, 2.75) is 6.54 Å². The SMILES string of the molecule is O=C(C=Cc1ccc2c(c1)OCO2)N1CCN(Cc2ccc(Cl)cc2)CC1. The Morgan fingerprint density at radius 1 is 1.00 bits per heavy atom. The average Bonchev–Trinajstić information content (AvgIpc) is 3.16. The molecule has 1 saturated heterocycles. The minimum atomic E-state index is 0.0406. The first-order valence-electron chi connectivity index (χ1n) is 9.01. The summed E-state index contributed by atoms with van der Waals surface area (Å²) in [6.45, 7) is 4.34. The quantitative estimate of drug-likeness (QED) is 0.757. The van der Waals surface area contributed by atoms with Gasteiger partial charge in [0.25, 0.3) is 0 Å². The summed E-state index contributed by atoms with van der Waals surface area (Å²) in [5, 5.41) is 0.753. The number of hydrogen-bond acceptors (Lipinski definition) is 4. The van der Waals surface area contributed by atoms with E-state index in [2.05, 4.69) is 4.90 Å².